The molecule has 0 aliphatic carbocycles. The maximum atomic E-state index is 14.1. The molecule has 1 aromatic heterocycles. The first-order valence-corrected chi connectivity index (χ1v) is 10.3. The fraction of sp³-hybridized carbons (Fsp3) is 0.240. The van der Waals surface area contributed by atoms with Crippen LogP contribution in [0, 0.1) is 24.1 Å². The van der Waals surface area contributed by atoms with Crippen molar-refractivity contribution in [3.8, 4) is 28.8 Å². The molecule has 0 saturated heterocycles. The van der Waals surface area contributed by atoms with Crippen molar-refractivity contribution in [2.45, 2.75) is 20.0 Å². The second-order valence-electron chi connectivity index (χ2n) is 7.13. The van der Waals surface area contributed by atoms with E-state index >= 15 is 0 Å². The summed E-state index contributed by atoms with van der Waals surface area (Å²) >= 11 is 0. The predicted molar refractivity (Wildman–Crippen MR) is 119 cm³/mol. The summed E-state index contributed by atoms with van der Waals surface area (Å²) in [6.07, 6.45) is -0.543. The van der Waals surface area contributed by atoms with E-state index in [0.717, 1.165) is 5.56 Å². The van der Waals surface area contributed by atoms with Crippen molar-refractivity contribution in [2.75, 3.05) is 19.8 Å². The van der Waals surface area contributed by atoms with Crippen molar-refractivity contribution in [2.24, 2.45) is 0 Å². The molecule has 2 aromatic carbocycles. The average molecular weight is 450 g/mol. The van der Waals surface area contributed by atoms with Crippen LogP contribution in [-0.4, -0.2) is 35.9 Å². The molecule has 170 valence electrons. The Morgan fingerprint density at radius 2 is 2.03 bits per heavy atom. The number of aromatic nitrogens is 1. The van der Waals surface area contributed by atoms with Gasteiger partial charge >= 0.3 is 5.97 Å². The van der Waals surface area contributed by atoms with Gasteiger partial charge in [-0.2, -0.15) is 5.26 Å². The number of carboxylic acid groups (broad SMARTS) is 1. The fourth-order valence-electron chi connectivity index (χ4n) is 3.12. The van der Waals surface area contributed by atoms with Crippen LogP contribution in [-0.2, 0) is 9.53 Å². The SMILES string of the molecule is CCOC[C@H](Oc1ccc(OCC(=O)O)c(C)c1)c1cccc(-c2ccc(C#N)c(F)c2)n1. The lowest BCUT2D eigenvalue weighted by molar-refractivity contribution is -0.139. The Labute approximate surface area is 191 Å². The Kier molecular flexibility index (Phi) is 7.95. The summed E-state index contributed by atoms with van der Waals surface area (Å²) in [5.74, 6) is -0.671. The van der Waals surface area contributed by atoms with Gasteiger partial charge in [0, 0.05) is 12.2 Å². The molecule has 7 nitrogen and oxygen atoms in total. The van der Waals surface area contributed by atoms with Crippen molar-refractivity contribution in [3.05, 3.63) is 77.2 Å². The Hall–Kier alpha value is -3.96. The highest BCUT2D eigenvalue weighted by Crippen LogP contribution is 2.28. The highest BCUT2D eigenvalue weighted by Gasteiger charge is 2.18. The summed E-state index contributed by atoms with van der Waals surface area (Å²) in [7, 11) is 0. The Morgan fingerprint density at radius 1 is 1.21 bits per heavy atom. The summed E-state index contributed by atoms with van der Waals surface area (Å²) in [6.45, 7) is 3.96. The molecule has 3 aromatic rings. The van der Waals surface area contributed by atoms with Crippen LogP contribution in [0.15, 0.2) is 54.6 Å². The fourth-order valence-corrected chi connectivity index (χ4v) is 3.12. The van der Waals surface area contributed by atoms with Crippen LogP contribution in [0.25, 0.3) is 11.3 Å². The molecule has 0 unspecified atom stereocenters. The number of nitrogens with zero attached hydrogens (tertiary/aromatic N) is 2. The van der Waals surface area contributed by atoms with Gasteiger partial charge in [-0.25, -0.2) is 14.2 Å². The largest absolute Gasteiger partial charge is 0.482 e. The highest BCUT2D eigenvalue weighted by atomic mass is 19.1. The number of rotatable bonds is 10. The zero-order chi connectivity index (χ0) is 23.8. The summed E-state index contributed by atoms with van der Waals surface area (Å²) in [5, 5.41) is 17.7. The van der Waals surface area contributed by atoms with Crippen molar-refractivity contribution in [3.63, 3.8) is 0 Å². The van der Waals surface area contributed by atoms with E-state index in [0.29, 0.717) is 35.1 Å². The van der Waals surface area contributed by atoms with E-state index < -0.39 is 24.5 Å². The van der Waals surface area contributed by atoms with Gasteiger partial charge in [0.25, 0.3) is 0 Å². The van der Waals surface area contributed by atoms with Crippen LogP contribution < -0.4 is 9.47 Å². The van der Waals surface area contributed by atoms with Crippen LogP contribution in [0.4, 0.5) is 4.39 Å². The minimum absolute atomic E-state index is 0.0291. The number of carboxylic acids is 1. The summed E-state index contributed by atoms with van der Waals surface area (Å²) in [5.41, 5.74) is 2.36. The summed E-state index contributed by atoms with van der Waals surface area (Å²) in [4.78, 5) is 15.4. The average Bonchev–Trinajstić information content (AvgIpc) is 2.81. The van der Waals surface area contributed by atoms with Gasteiger partial charge in [0.05, 0.1) is 23.6 Å². The van der Waals surface area contributed by atoms with Gasteiger partial charge in [0.2, 0.25) is 0 Å². The van der Waals surface area contributed by atoms with Gasteiger partial charge < -0.3 is 19.3 Å². The lowest BCUT2D eigenvalue weighted by Crippen LogP contribution is -2.16. The van der Waals surface area contributed by atoms with Crippen molar-refractivity contribution in [1.82, 2.24) is 4.98 Å². The second-order valence-corrected chi connectivity index (χ2v) is 7.13. The van der Waals surface area contributed by atoms with Gasteiger partial charge in [-0.1, -0.05) is 12.1 Å². The van der Waals surface area contributed by atoms with E-state index in [1.807, 2.05) is 6.92 Å². The minimum atomic E-state index is -1.06. The molecule has 0 aliphatic rings. The topological polar surface area (TPSA) is 102 Å². The molecular weight excluding hydrogens is 427 g/mol. The molecule has 1 N–H and O–H groups in total. The van der Waals surface area contributed by atoms with Crippen LogP contribution >= 0.6 is 0 Å². The first-order valence-electron chi connectivity index (χ1n) is 10.3. The van der Waals surface area contributed by atoms with Gasteiger partial charge in [0.1, 0.15) is 23.4 Å². The highest BCUT2D eigenvalue weighted by molar-refractivity contribution is 5.68. The number of hydrogen-bond donors (Lipinski definition) is 1. The van der Waals surface area contributed by atoms with Crippen LogP contribution in [0.1, 0.15) is 29.8 Å². The monoisotopic (exact) mass is 450 g/mol. The number of ether oxygens (including phenoxy) is 3. The number of benzene rings is 2. The van der Waals surface area contributed by atoms with E-state index in [2.05, 4.69) is 4.98 Å². The molecule has 0 spiro atoms. The standard InChI is InChI=1S/C25H23FN2O5/c1-3-31-14-24(33-19-9-10-23(16(2)11-19)32-15-25(29)30)22-6-4-5-21(28-22)17-7-8-18(13-27)20(26)12-17/h4-12,24H,3,14-15H2,1-2H3,(H,29,30)/t24-/m0/s1. The van der Waals surface area contributed by atoms with Crippen LogP contribution in [0.5, 0.6) is 11.5 Å². The molecule has 1 atom stereocenters. The summed E-state index contributed by atoms with van der Waals surface area (Å²) < 4.78 is 31.1. The van der Waals surface area contributed by atoms with E-state index in [4.69, 9.17) is 24.6 Å². The van der Waals surface area contributed by atoms with Gasteiger partial charge in [-0.3, -0.25) is 0 Å². The lowest BCUT2D eigenvalue weighted by atomic mass is 10.1. The van der Waals surface area contributed by atoms with Gasteiger partial charge in [-0.05, 0) is 61.9 Å². The van der Waals surface area contributed by atoms with E-state index in [9.17, 15) is 9.18 Å². The first kappa shape index (κ1) is 23.7. The summed E-state index contributed by atoms with van der Waals surface area (Å²) in [6, 6.07) is 16.6. The third-order valence-electron chi connectivity index (χ3n) is 4.74. The van der Waals surface area contributed by atoms with Crippen molar-refractivity contribution in [1.29, 1.82) is 5.26 Å². The third-order valence-corrected chi connectivity index (χ3v) is 4.74. The Morgan fingerprint density at radius 3 is 2.70 bits per heavy atom. The predicted octanol–water partition coefficient (Wildman–Crippen LogP) is 4.69. The van der Waals surface area contributed by atoms with E-state index in [1.54, 1.807) is 55.5 Å². The molecule has 0 amide bonds. The maximum absolute atomic E-state index is 14.1. The zero-order valence-corrected chi connectivity index (χ0v) is 18.2. The minimum Gasteiger partial charge on any atom is -0.482 e. The molecular formula is C25H23FN2O5. The molecule has 8 heteroatoms. The maximum Gasteiger partial charge on any atom is 0.341 e. The van der Waals surface area contributed by atoms with E-state index in [-0.39, 0.29) is 12.2 Å². The van der Waals surface area contributed by atoms with Crippen molar-refractivity contribution < 1.29 is 28.5 Å². The normalized spacial score (nSPS) is 11.5. The molecule has 1 heterocycles. The Balaban J connectivity index is 1.85. The lowest BCUT2D eigenvalue weighted by Gasteiger charge is -2.20. The number of halogens is 1. The molecule has 0 bridgehead atoms. The third kappa shape index (κ3) is 6.28. The van der Waals surface area contributed by atoms with Crippen LogP contribution in [0.3, 0.4) is 0 Å². The smallest absolute Gasteiger partial charge is 0.341 e. The van der Waals surface area contributed by atoms with Crippen molar-refractivity contribution >= 4 is 5.97 Å². The van der Waals surface area contributed by atoms with Gasteiger partial charge in [0.15, 0.2) is 12.7 Å². The number of carbonyl (C=O) groups is 1. The van der Waals surface area contributed by atoms with E-state index in [1.165, 1.54) is 12.1 Å². The zero-order valence-electron chi connectivity index (χ0n) is 18.2. The van der Waals surface area contributed by atoms with Gasteiger partial charge in [-0.15, -0.1) is 0 Å². The van der Waals surface area contributed by atoms with Crippen LogP contribution in [0.2, 0.25) is 0 Å². The molecule has 0 aliphatic heterocycles. The molecule has 0 saturated carbocycles. The molecule has 0 fully saturated rings. The number of aliphatic carboxylic acids is 1. The Bertz CT molecular complexity index is 1180. The molecule has 3 rings (SSSR count). The second kappa shape index (κ2) is 11.1. The number of nitriles is 1. The quantitative estimate of drug-likeness (QED) is 0.478. The number of hydrogen-bond acceptors (Lipinski definition) is 6. The molecule has 0 radical (unpaired) electrons. The number of aryl methyl sites for hydroxylation is 1. The number of pyridine rings is 1. The molecule has 33 heavy (non-hydrogen) atoms. The first-order chi connectivity index (χ1) is 15.9.